The largest absolute Gasteiger partial charge is 0.493 e. The molecule has 2 aromatic rings. The molecule has 0 amide bonds. The number of imidazole rings is 1. The van der Waals surface area contributed by atoms with Crippen LogP contribution in [0.4, 0.5) is 11.6 Å². The van der Waals surface area contributed by atoms with Crippen molar-refractivity contribution in [1.82, 2.24) is 9.55 Å². The van der Waals surface area contributed by atoms with E-state index in [-0.39, 0.29) is 5.82 Å². The molecule has 7 nitrogen and oxygen atoms in total. The number of nitrogens with zero attached hydrogens (tertiary/aromatic N) is 4. The summed E-state index contributed by atoms with van der Waals surface area (Å²) in [5.41, 5.74) is 0. The molecule has 0 atom stereocenters. The number of anilines is 1. The van der Waals surface area contributed by atoms with Crippen LogP contribution in [0.5, 0.6) is 5.75 Å². The van der Waals surface area contributed by atoms with Crippen molar-refractivity contribution in [3.8, 4) is 5.75 Å². The van der Waals surface area contributed by atoms with E-state index in [9.17, 15) is 10.1 Å². The molecular formula is C16H20N4O3. The van der Waals surface area contributed by atoms with E-state index in [1.807, 2.05) is 35.2 Å². The zero-order valence-electron chi connectivity index (χ0n) is 13.1. The van der Waals surface area contributed by atoms with Crippen LogP contribution < -0.4 is 9.64 Å². The summed E-state index contributed by atoms with van der Waals surface area (Å²) in [4.78, 5) is 16.6. The summed E-state index contributed by atoms with van der Waals surface area (Å²) >= 11 is 0. The van der Waals surface area contributed by atoms with Crippen LogP contribution in [0.2, 0.25) is 0 Å². The van der Waals surface area contributed by atoms with Crippen molar-refractivity contribution in [2.24, 2.45) is 13.0 Å². The van der Waals surface area contributed by atoms with Gasteiger partial charge in [0.05, 0.1) is 6.61 Å². The molecule has 0 aliphatic carbocycles. The number of nitro groups is 1. The molecule has 1 saturated heterocycles. The molecule has 1 fully saturated rings. The number of ether oxygens (including phenoxy) is 1. The number of piperidine rings is 1. The lowest BCUT2D eigenvalue weighted by Crippen LogP contribution is -2.36. The highest BCUT2D eigenvalue weighted by molar-refractivity contribution is 5.54. The maximum atomic E-state index is 11.1. The molecule has 122 valence electrons. The van der Waals surface area contributed by atoms with Gasteiger partial charge in [-0.15, -0.1) is 0 Å². The van der Waals surface area contributed by atoms with Gasteiger partial charge in [0.15, 0.2) is 0 Å². The zero-order chi connectivity index (χ0) is 16.2. The van der Waals surface area contributed by atoms with Crippen LogP contribution in [0.3, 0.4) is 0 Å². The first-order valence-corrected chi connectivity index (χ1v) is 7.73. The van der Waals surface area contributed by atoms with Gasteiger partial charge in [-0.1, -0.05) is 18.2 Å². The monoisotopic (exact) mass is 316 g/mol. The number of hydrogen-bond donors (Lipinski definition) is 0. The minimum Gasteiger partial charge on any atom is -0.493 e. The van der Waals surface area contributed by atoms with E-state index >= 15 is 0 Å². The summed E-state index contributed by atoms with van der Waals surface area (Å²) in [6, 6.07) is 9.79. The van der Waals surface area contributed by atoms with Crippen LogP contribution in [0.25, 0.3) is 0 Å². The highest BCUT2D eigenvalue weighted by Crippen LogP contribution is 2.30. The van der Waals surface area contributed by atoms with Gasteiger partial charge < -0.3 is 19.8 Å². The molecule has 2 heterocycles. The van der Waals surface area contributed by atoms with E-state index in [2.05, 4.69) is 4.98 Å². The molecular weight excluding hydrogens is 296 g/mol. The van der Waals surface area contributed by atoms with E-state index < -0.39 is 4.92 Å². The zero-order valence-corrected chi connectivity index (χ0v) is 13.1. The van der Waals surface area contributed by atoms with Gasteiger partial charge in [-0.3, -0.25) is 4.57 Å². The fraction of sp³-hybridized carbons (Fsp3) is 0.438. The Morgan fingerprint density at radius 3 is 2.65 bits per heavy atom. The number of hydrogen-bond acceptors (Lipinski definition) is 5. The Labute approximate surface area is 134 Å². The van der Waals surface area contributed by atoms with Gasteiger partial charge in [0, 0.05) is 20.1 Å². The van der Waals surface area contributed by atoms with Crippen molar-refractivity contribution in [2.75, 3.05) is 24.6 Å². The molecule has 1 aromatic heterocycles. The average molecular weight is 316 g/mol. The topological polar surface area (TPSA) is 73.4 Å². The maximum absolute atomic E-state index is 11.1. The van der Waals surface area contributed by atoms with E-state index in [0.29, 0.717) is 18.3 Å². The van der Waals surface area contributed by atoms with E-state index in [4.69, 9.17) is 4.74 Å². The van der Waals surface area contributed by atoms with Gasteiger partial charge in [-0.2, -0.15) is 0 Å². The fourth-order valence-electron chi connectivity index (χ4n) is 2.95. The number of aromatic nitrogens is 2. The van der Waals surface area contributed by atoms with Gasteiger partial charge in [-0.25, -0.2) is 0 Å². The summed E-state index contributed by atoms with van der Waals surface area (Å²) in [5.74, 6) is 1.89. The first-order chi connectivity index (χ1) is 11.1. The van der Waals surface area contributed by atoms with E-state index in [1.165, 1.54) is 6.33 Å². The summed E-state index contributed by atoms with van der Waals surface area (Å²) in [6.45, 7) is 2.25. The highest BCUT2D eigenvalue weighted by atomic mass is 16.6. The molecule has 0 N–H and O–H groups in total. The fourth-order valence-corrected chi connectivity index (χ4v) is 2.95. The van der Waals surface area contributed by atoms with E-state index in [1.54, 1.807) is 11.6 Å². The van der Waals surface area contributed by atoms with Gasteiger partial charge >= 0.3 is 5.82 Å². The predicted molar refractivity (Wildman–Crippen MR) is 86.7 cm³/mol. The lowest BCUT2D eigenvalue weighted by Gasteiger charge is -2.32. The molecule has 0 saturated carbocycles. The minimum absolute atomic E-state index is 0.0634. The second kappa shape index (κ2) is 6.68. The van der Waals surface area contributed by atoms with E-state index in [0.717, 1.165) is 31.7 Å². The summed E-state index contributed by atoms with van der Waals surface area (Å²) in [5, 5.41) is 11.1. The van der Waals surface area contributed by atoms with Crippen LogP contribution in [0.1, 0.15) is 12.8 Å². The van der Waals surface area contributed by atoms with Crippen molar-refractivity contribution >= 4 is 11.6 Å². The third kappa shape index (κ3) is 3.44. The van der Waals surface area contributed by atoms with Gasteiger partial charge in [0.2, 0.25) is 12.1 Å². The van der Waals surface area contributed by atoms with Crippen molar-refractivity contribution < 1.29 is 9.66 Å². The van der Waals surface area contributed by atoms with Crippen LogP contribution in [0, 0.1) is 16.0 Å². The smallest absolute Gasteiger partial charge is 0.406 e. The third-order valence-electron chi connectivity index (χ3n) is 4.20. The molecule has 23 heavy (non-hydrogen) atoms. The third-order valence-corrected chi connectivity index (χ3v) is 4.20. The molecule has 0 radical (unpaired) electrons. The number of para-hydroxylation sites is 1. The van der Waals surface area contributed by atoms with Gasteiger partial charge in [-0.05, 0) is 40.8 Å². The SMILES string of the molecule is Cn1cnc([N+](=O)[O-])c1N1CCC(COc2ccccc2)CC1. The summed E-state index contributed by atoms with van der Waals surface area (Å²) in [6.07, 6.45) is 3.41. The molecule has 1 aromatic carbocycles. The van der Waals surface area contributed by atoms with Gasteiger partial charge in [0.25, 0.3) is 0 Å². The standard InChI is InChI=1S/C16H20N4O3/c1-18-12-17-15(20(21)22)16(18)19-9-7-13(8-10-19)11-23-14-5-3-2-4-6-14/h2-6,12-13H,7-11H2,1H3. The molecule has 7 heteroatoms. The Morgan fingerprint density at radius 2 is 2.00 bits per heavy atom. The quantitative estimate of drug-likeness (QED) is 0.626. The Balaban J connectivity index is 1.56. The predicted octanol–water partition coefficient (Wildman–Crippen LogP) is 2.62. The van der Waals surface area contributed by atoms with Crippen LogP contribution in [0.15, 0.2) is 36.7 Å². The first-order valence-electron chi connectivity index (χ1n) is 7.73. The van der Waals surface area contributed by atoms with Crippen molar-refractivity contribution in [3.63, 3.8) is 0 Å². The molecule has 3 rings (SSSR count). The minimum atomic E-state index is -0.417. The van der Waals surface area contributed by atoms with Crippen molar-refractivity contribution in [1.29, 1.82) is 0 Å². The average Bonchev–Trinajstić information content (AvgIpc) is 2.96. The van der Waals surface area contributed by atoms with Crippen LogP contribution in [-0.2, 0) is 7.05 Å². The Morgan fingerprint density at radius 1 is 1.30 bits per heavy atom. The lowest BCUT2D eigenvalue weighted by atomic mass is 9.98. The van der Waals surface area contributed by atoms with Gasteiger partial charge in [0.1, 0.15) is 5.75 Å². The summed E-state index contributed by atoms with van der Waals surface area (Å²) < 4.78 is 7.53. The maximum Gasteiger partial charge on any atom is 0.406 e. The molecule has 0 spiro atoms. The van der Waals surface area contributed by atoms with Crippen LogP contribution in [-0.4, -0.2) is 34.2 Å². The molecule has 0 unspecified atom stereocenters. The number of aryl methyl sites for hydroxylation is 1. The Kier molecular flexibility index (Phi) is 4.45. The highest BCUT2D eigenvalue weighted by Gasteiger charge is 2.29. The van der Waals surface area contributed by atoms with Crippen molar-refractivity contribution in [2.45, 2.75) is 12.8 Å². The first kappa shape index (κ1) is 15.3. The molecule has 1 aliphatic heterocycles. The normalized spacial score (nSPS) is 15.6. The Bertz CT molecular complexity index is 663. The Hall–Kier alpha value is -2.57. The second-order valence-corrected chi connectivity index (χ2v) is 5.81. The molecule has 0 bridgehead atoms. The lowest BCUT2D eigenvalue weighted by molar-refractivity contribution is -0.388. The van der Waals surface area contributed by atoms with Crippen molar-refractivity contribution in [3.05, 3.63) is 46.8 Å². The second-order valence-electron chi connectivity index (χ2n) is 5.81. The molecule has 1 aliphatic rings. The number of benzene rings is 1. The van der Waals surface area contributed by atoms with Crippen LogP contribution >= 0.6 is 0 Å². The summed E-state index contributed by atoms with van der Waals surface area (Å²) in [7, 11) is 1.79. The number of rotatable bonds is 5.